The standard InChI is InChI=1S/C15H14ClN5OS/c1-3-13-18-19-15(23-13)17-8-12-9(2)20-21(14(12)22)11-6-4-5-10(16)7-11/h4-8,20H,3H2,1-2H3. The molecular weight excluding hydrogens is 334 g/mol. The molecule has 1 aromatic carbocycles. The van der Waals surface area contributed by atoms with E-state index in [-0.39, 0.29) is 5.56 Å². The Morgan fingerprint density at radius 2 is 2.26 bits per heavy atom. The Kier molecular flexibility index (Phi) is 4.40. The molecule has 6 nitrogen and oxygen atoms in total. The molecule has 2 aromatic heterocycles. The van der Waals surface area contributed by atoms with E-state index < -0.39 is 0 Å². The molecule has 0 radical (unpaired) electrons. The zero-order chi connectivity index (χ0) is 16.4. The van der Waals surface area contributed by atoms with Crippen LogP contribution in [0, 0.1) is 6.92 Å². The number of rotatable bonds is 4. The Bertz CT molecular complexity index is 924. The van der Waals surface area contributed by atoms with Gasteiger partial charge in [-0.15, -0.1) is 10.2 Å². The Morgan fingerprint density at radius 1 is 1.43 bits per heavy atom. The van der Waals surface area contributed by atoms with Crippen molar-refractivity contribution in [3.8, 4) is 5.69 Å². The summed E-state index contributed by atoms with van der Waals surface area (Å²) in [5, 5.41) is 13.0. The minimum Gasteiger partial charge on any atom is -0.295 e. The first-order valence-electron chi connectivity index (χ1n) is 7.02. The van der Waals surface area contributed by atoms with Crippen LogP contribution in [0.25, 0.3) is 5.69 Å². The van der Waals surface area contributed by atoms with Crippen LogP contribution in [-0.2, 0) is 6.42 Å². The minimum absolute atomic E-state index is 0.186. The van der Waals surface area contributed by atoms with E-state index in [1.807, 2.05) is 19.9 Å². The van der Waals surface area contributed by atoms with Crippen LogP contribution in [0.3, 0.4) is 0 Å². The van der Waals surface area contributed by atoms with Crippen molar-refractivity contribution >= 4 is 34.3 Å². The Hall–Kier alpha value is -2.25. The fourth-order valence-corrected chi connectivity index (χ4v) is 2.88. The highest BCUT2D eigenvalue weighted by Crippen LogP contribution is 2.19. The van der Waals surface area contributed by atoms with Crippen LogP contribution in [0.5, 0.6) is 0 Å². The van der Waals surface area contributed by atoms with Gasteiger partial charge in [0.2, 0.25) is 5.13 Å². The third-order valence-corrected chi connectivity index (χ3v) is 4.46. The number of aryl methyl sites for hydroxylation is 2. The maximum absolute atomic E-state index is 12.5. The molecule has 0 saturated carbocycles. The molecule has 0 unspecified atom stereocenters. The second-order valence-electron chi connectivity index (χ2n) is 4.86. The second-order valence-corrected chi connectivity index (χ2v) is 6.34. The smallest absolute Gasteiger partial charge is 0.280 e. The summed E-state index contributed by atoms with van der Waals surface area (Å²) in [7, 11) is 0. The van der Waals surface area contributed by atoms with Crippen LogP contribution < -0.4 is 5.56 Å². The number of H-pyrrole nitrogens is 1. The van der Waals surface area contributed by atoms with Gasteiger partial charge in [0.1, 0.15) is 5.01 Å². The first kappa shape index (κ1) is 15.6. The summed E-state index contributed by atoms with van der Waals surface area (Å²) in [5.41, 5.74) is 1.69. The molecule has 1 N–H and O–H groups in total. The molecular formula is C15H14ClN5OS. The molecule has 3 rings (SSSR count). The molecule has 0 spiro atoms. The lowest BCUT2D eigenvalue weighted by molar-refractivity contribution is 0.835. The zero-order valence-corrected chi connectivity index (χ0v) is 14.1. The second kappa shape index (κ2) is 6.47. The monoisotopic (exact) mass is 347 g/mol. The Balaban J connectivity index is 1.96. The van der Waals surface area contributed by atoms with Crippen LogP contribution >= 0.6 is 22.9 Å². The molecule has 0 aliphatic heterocycles. The summed E-state index contributed by atoms with van der Waals surface area (Å²) in [6.07, 6.45) is 2.34. The van der Waals surface area contributed by atoms with Gasteiger partial charge in [-0.05, 0) is 31.5 Å². The largest absolute Gasteiger partial charge is 0.295 e. The molecule has 3 aromatic rings. The predicted octanol–water partition coefficient (Wildman–Crippen LogP) is 3.29. The van der Waals surface area contributed by atoms with Gasteiger partial charge in [0.25, 0.3) is 5.56 Å². The van der Waals surface area contributed by atoms with Crippen molar-refractivity contribution in [2.75, 3.05) is 0 Å². The third kappa shape index (κ3) is 3.25. The number of halogens is 1. The summed E-state index contributed by atoms with van der Waals surface area (Å²) in [4.78, 5) is 16.8. The van der Waals surface area contributed by atoms with Crippen molar-refractivity contribution in [3.05, 3.63) is 55.9 Å². The van der Waals surface area contributed by atoms with E-state index >= 15 is 0 Å². The lowest BCUT2D eigenvalue weighted by Crippen LogP contribution is -2.17. The average Bonchev–Trinajstić information content (AvgIpc) is 3.10. The summed E-state index contributed by atoms with van der Waals surface area (Å²) in [6.45, 7) is 3.83. The Morgan fingerprint density at radius 3 is 2.96 bits per heavy atom. The molecule has 8 heteroatoms. The van der Waals surface area contributed by atoms with Gasteiger partial charge in [-0.3, -0.25) is 9.89 Å². The van der Waals surface area contributed by atoms with E-state index in [4.69, 9.17) is 11.6 Å². The van der Waals surface area contributed by atoms with E-state index in [1.54, 1.807) is 18.2 Å². The topological polar surface area (TPSA) is 75.9 Å². The number of nitrogens with one attached hydrogen (secondary N) is 1. The number of hydrogen-bond donors (Lipinski definition) is 1. The minimum atomic E-state index is -0.186. The number of aromatic amines is 1. The maximum atomic E-state index is 12.5. The van der Waals surface area contributed by atoms with Crippen molar-refractivity contribution in [1.82, 2.24) is 20.0 Å². The molecule has 23 heavy (non-hydrogen) atoms. The van der Waals surface area contributed by atoms with E-state index in [9.17, 15) is 4.79 Å². The molecule has 0 saturated heterocycles. The van der Waals surface area contributed by atoms with E-state index in [0.29, 0.717) is 21.4 Å². The van der Waals surface area contributed by atoms with Crippen LogP contribution in [0.2, 0.25) is 5.02 Å². The van der Waals surface area contributed by atoms with Crippen LogP contribution in [0.1, 0.15) is 23.2 Å². The van der Waals surface area contributed by atoms with Crippen molar-refractivity contribution in [3.63, 3.8) is 0 Å². The van der Waals surface area contributed by atoms with Gasteiger partial charge in [-0.2, -0.15) is 0 Å². The highest BCUT2D eigenvalue weighted by molar-refractivity contribution is 7.14. The number of aliphatic imine (C=N–C) groups is 1. The molecule has 0 fully saturated rings. The van der Waals surface area contributed by atoms with Crippen LogP contribution in [0.15, 0.2) is 34.1 Å². The van der Waals surface area contributed by atoms with Gasteiger partial charge < -0.3 is 0 Å². The molecule has 0 aliphatic rings. The SMILES string of the molecule is CCc1nnc(N=Cc2c(C)[nH]n(-c3cccc(Cl)c3)c2=O)s1. The molecule has 0 atom stereocenters. The van der Waals surface area contributed by atoms with Crippen LogP contribution in [-0.4, -0.2) is 26.2 Å². The van der Waals surface area contributed by atoms with Crippen molar-refractivity contribution in [2.45, 2.75) is 20.3 Å². The Labute approximate surface area is 141 Å². The van der Waals surface area contributed by atoms with Gasteiger partial charge in [-0.1, -0.05) is 35.9 Å². The highest BCUT2D eigenvalue weighted by Gasteiger charge is 2.11. The van der Waals surface area contributed by atoms with Gasteiger partial charge in [0.05, 0.1) is 11.3 Å². The van der Waals surface area contributed by atoms with Gasteiger partial charge in [-0.25, -0.2) is 9.67 Å². The molecule has 0 bridgehead atoms. The summed E-state index contributed by atoms with van der Waals surface area (Å²) in [5.74, 6) is 0. The van der Waals surface area contributed by atoms with Gasteiger partial charge in [0.15, 0.2) is 0 Å². The van der Waals surface area contributed by atoms with Crippen LogP contribution in [0.4, 0.5) is 5.13 Å². The van der Waals surface area contributed by atoms with E-state index in [1.165, 1.54) is 22.2 Å². The molecule has 118 valence electrons. The number of benzene rings is 1. The lowest BCUT2D eigenvalue weighted by Gasteiger charge is -2.01. The van der Waals surface area contributed by atoms with Gasteiger partial charge in [0, 0.05) is 16.9 Å². The first-order valence-corrected chi connectivity index (χ1v) is 8.22. The number of nitrogens with zero attached hydrogens (tertiary/aromatic N) is 4. The third-order valence-electron chi connectivity index (χ3n) is 3.25. The fraction of sp³-hybridized carbons (Fsp3) is 0.200. The molecule has 0 aliphatic carbocycles. The van der Waals surface area contributed by atoms with E-state index in [0.717, 1.165) is 17.1 Å². The van der Waals surface area contributed by atoms with Crippen molar-refractivity contribution < 1.29 is 0 Å². The summed E-state index contributed by atoms with van der Waals surface area (Å²) in [6, 6.07) is 7.08. The van der Waals surface area contributed by atoms with Crippen molar-refractivity contribution in [1.29, 1.82) is 0 Å². The molecule has 2 heterocycles. The zero-order valence-electron chi connectivity index (χ0n) is 12.6. The normalized spacial score (nSPS) is 11.4. The average molecular weight is 348 g/mol. The quantitative estimate of drug-likeness (QED) is 0.736. The molecule has 0 amide bonds. The maximum Gasteiger partial charge on any atom is 0.280 e. The first-order chi connectivity index (χ1) is 11.1. The predicted molar refractivity (Wildman–Crippen MR) is 92.7 cm³/mol. The highest BCUT2D eigenvalue weighted by atomic mass is 35.5. The van der Waals surface area contributed by atoms with Gasteiger partial charge >= 0.3 is 0 Å². The number of aromatic nitrogens is 4. The summed E-state index contributed by atoms with van der Waals surface area (Å²) >= 11 is 7.39. The van der Waals surface area contributed by atoms with Crippen molar-refractivity contribution in [2.24, 2.45) is 4.99 Å². The number of hydrogen-bond acceptors (Lipinski definition) is 5. The van der Waals surface area contributed by atoms with E-state index in [2.05, 4.69) is 20.3 Å². The summed E-state index contributed by atoms with van der Waals surface area (Å²) < 4.78 is 1.44. The fourth-order valence-electron chi connectivity index (χ4n) is 2.07. The lowest BCUT2D eigenvalue weighted by atomic mass is 10.3.